The second-order valence-corrected chi connectivity index (χ2v) is 3.42. The minimum atomic E-state index is 0.119. The zero-order valence-electron chi connectivity index (χ0n) is 8.04. The van der Waals surface area contributed by atoms with Gasteiger partial charge in [-0.25, -0.2) is 0 Å². The quantitative estimate of drug-likeness (QED) is 0.519. The van der Waals surface area contributed by atoms with Crippen LogP contribution < -0.4 is 5.73 Å². The van der Waals surface area contributed by atoms with Gasteiger partial charge in [0.2, 0.25) is 0 Å². The van der Waals surface area contributed by atoms with Crippen LogP contribution in [-0.4, -0.2) is 5.84 Å². The SMILES string of the molecule is Cc1cccc2cc(C(=N)N)ccc12. The molecule has 2 heteroatoms. The first-order valence-corrected chi connectivity index (χ1v) is 4.52. The molecule has 0 saturated heterocycles. The monoisotopic (exact) mass is 184 g/mol. The summed E-state index contributed by atoms with van der Waals surface area (Å²) in [6.45, 7) is 2.08. The van der Waals surface area contributed by atoms with E-state index in [4.69, 9.17) is 11.1 Å². The highest BCUT2D eigenvalue weighted by Gasteiger charge is 1.99. The molecule has 0 aliphatic rings. The Morgan fingerprint density at radius 2 is 2.00 bits per heavy atom. The van der Waals surface area contributed by atoms with Crippen molar-refractivity contribution in [1.82, 2.24) is 0 Å². The van der Waals surface area contributed by atoms with Gasteiger partial charge in [-0.3, -0.25) is 5.41 Å². The lowest BCUT2D eigenvalue weighted by Gasteiger charge is -2.03. The normalized spacial score (nSPS) is 10.4. The first kappa shape index (κ1) is 8.75. The van der Waals surface area contributed by atoms with Gasteiger partial charge in [-0.05, 0) is 29.3 Å². The molecule has 14 heavy (non-hydrogen) atoms. The molecule has 2 rings (SSSR count). The van der Waals surface area contributed by atoms with E-state index in [1.54, 1.807) is 0 Å². The minimum Gasteiger partial charge on any atom is -0.384 e. The van der Waals surface area contributed by atoms with Crippen molar-refractivity contribution in [3.05, 3.63) is 47.5 Å². The molecule has 0 aliphatic heterocycles. The van der Waals surface area contributed by atoms with E-state index in [0.717, 1.165) is 10.9 Å². The van der Waals surface area contributed by atoms with Crippen molar-refractivity contribution >= 4 is 16.6 Å². The fraction of sp³-hybridized carbons (Fsp3) is 0.0833. The number of nitrogens with one attached hydrogen (secondary N) is 1. The highest BCUT2D eigenvalue weighted by atomic mass is 14.7. The van der Waals surface area contributed by atoms with Crippen molar-refractivity contribution in [2.24, 2.45) is 5.73 Å². The van der Waals surface area contributed by atoms with E-state index >= 15 is 0 Å². The molecule has 0 heterocycles. The molecule has 2 aromatic carbocycles. The topological polar surface area (TPSA) is 49.9 Å². The van der Waals surface area contributed by atoms with E-state index in [2.05, 4.69) is 13.0 Å². The molecule has 0 unspecified atom stereocenters. The van der Waals surface area contributed by atoms with Gasteiger partial charge in [-0.2, -0.15) is 0 Å². The molecule has 0 saturated carbocycles. The number of rotatable bonds is 1. The Morgan fingerprint density at radius 1 is 1.21 bits per heavy atom. The zero-order valence-corrected chi connectivity index (χ0v) is 8.04. The highest BCUT2D eigenvalue weighted by molar-refractivity contribution is 5.99. The van der Waals surface area contributed by atoms with Gasteiger partial charge in [0.15, 0.2) is 0 Å². The number of benzene rings is 2. The second-order valence-electron chi connectivity index (χ2n) is 3.42. The molecule has 0 bridgehead atoms. The maximum Gasteiger partial charge on any atom is 0.122 e. The van der Waals surface area contributed by atoms with Crippen LogP contribution in [0.1, 0.15) is 11.1 Å². The van der Waals surface area contributed by atoms with Crippen LogP contribution in [0.15, 0.2) is 36.4 Å². The summed E-state index contributed by atoms with van der Waals surface area (Å²) >= 11 is 0. The Bertz CT molecular complexity index is 501. The fourth-order valence-corrected chi connectivity index (χ4v) is 1.61. The number of aryl methyl sites for hydroxylation is 1. The number of hydrogen-bond donors (Lipinski definition) is 2. The summed E-state index contributed by atoms with van der Waals surface area (Å²) in [4.78, 5) is 0. The van der Waals surface area contributed by atoms with Crippen molar-refractivity contribution in [2.45, 2.75) is 6.92 Å². The molecule has 0 spiro atoms. The molecule has 70 valence electrons. The summed E-state index contributed by atoms with van der Waals surface area (Å²) in [6.07, 6.45) is 0. The smallest absolute Gasteiger partial charge is 0.122 e. The third-order valence-corrected chi connectivity index (χ3v) is 2.41. The summed E-state index contributed by atoms with van der Waals surface area (Å²) in [5.74, 6) is 0.119. The van der Waals surface area contributed by atoms with E-state index in [1.807, 2.05) is 30.3 Å². The minimum absolute atomic E-state index is 0.119. The Balaban J connectivity index is 2.73. The van der Waals surface area contributed by atoms with Gasteiger partial charge in [-0.1, -0.05) is 30.3 Å². The maximum absolute atomic E-state index is 7.34. The molecule has 0 atom stereocenters. The van der Waals surface area contributed by atoms with Crippen LogP contribution in [0, 0.1) is 12.3 Å². The van der Waals surface area contributed by atoms with Crippen LogP contribution >= 0.6 is 0 Å². The van der Waals surface area contributed by atoms with E-state index < -0.39 is 0 Å². The molecule has 0 radical (unpaired) electrons. The van der Waals surface area contributed by atoms with Crippen molar-refractivity contribution in [3.8, 4) is 0 Å². The average Bonchev–Trinajstić information content (AvgIpc) is 2.17. The predicted molar refractivity (Wildman–Crippen MR) is 59.7 cm³/mol. The summed E-state index contributed by atoms with van der Waals surface area (Å²) in [7, 11) is 0. The summed E-state index contributed by atoms with van der Waals surface area (Å²) in [5.41, 5.74) is 7.45. The highest BCUT2D eigenvalue weighted by Crippen LogP contribution is 2.19. The van der Waals surface area contributed by atoms with Gasteiger partial charge in [-0.15, -0.1) is 0 Å². The standard InChI is InChI=1S/C12H12N2/c1-8-3-2-4-9-7-10(12(13)14)5-6-11(8)9/h2-7H,1H3,(H3,13,14). The van der Waals surface area contributed by atoms with Crippen molar-refractivity contribution < 1.29 is 0 Å². The van der Waals surface area contributed by atoms with Crippen LogP contribution in [0.25, 0.3) is 10.8 Å². The summed E-state index contributed by atoms with van der Waals surface area (Å²) in [6, 6.07) is 12.0. The van der Waals surface area contributed by atoms with Gasteiger partial charge in [0, 0.05) is 5.56 Å². The third-order valence-electron chi connectivity index (χ3n) is 2.41. The summed E-state index contributed by atoms with van der Waals surface area (Å²) < 4.78 is 0. The van der Waals surface area contributed by atoms with Crippen LogP contribution in [0.3, 0.4) is 0 Å². The molecular formula is C12H12N2. The lowest BCUT2D eigenvalue weighted by molar-refractivity contribution is 1.43. The largest absolute Gasteiger partial charge is 0.384 e. The molecule has 0 aliphatic carbocycles. The van der Waals surface area contributed by atoms with Crippen LogP contribution in [-0.2, 0) is 0 Å². The molecular weight excluding hydrogens is 172 g/mol. The Labute approximate surface area is 82.9 Å². The summed E-state index contributed by atoms with van der Waals surface area (Å²) in [5, 5.41) is 9.70. The first-order valence-electron chi connectivity index (χ1n) is 4.52. The second kappa shape index (κ2) is 3.14. The number of nitrogen functional groups attached to an aromatic ring is 1. The van der Waals surface area contributed by atoms with Crippen LogP contribution in [0.2, 0.25) is 0 Å². The van der Waals surface area contributed by atoms with Crippen molar-refractivity contribution in [3.63, 3.8) is 0 Å². The lowest BCUT2D eigenvalue weighted by atomic mass is 10.0. The molecule has 2 aromatic rings. The zero-order chi connectivity index (χ0) is 10.1. The Morgan fingerprint density at radius 3 is 2.71 bits per heavy atom. The molecule has 3 N–H and O–H groups in total. The number of amidine groups is 1. The van der Waals surface area contributed by atoms with Crippen LogP contribution in [0.5, 0.6) is 0 Å². The number of nitrogens with two attached hydrogens (primary N) is 1. The molecule has 0 aromatic heterocycles. The van der Waals surface area contributed by atoms with E-state index in [1.165, 1.54) is 10.9 Å². The number of hydrogen-bond acceptors (Lipinski definition) is 1. The van der Waals surface area contributed by atoms with Gasteiger partial charge in [0.25, 0.3) is 0 Å². The predicted octanol–water partition coefficient (Wildman–Crippen LogP) is 2.43. The van der Waals surface area contributed by atoms with E-state index in [9.17, 15) is 0 Å². The number of fused-ring (bicyclic) bond motifs is 1. The molecule has 2 nitrogen and oxygen atoms in total. The lowest BCUT2D eigenvalue weighted by Crippen LogP contribution is -2.10. The maximum atomic E-state index is 7.34. The van der Waals surface area contributed by atoms with Gasteiger partial charge in [0.05, 0.1) is 0 Å². The third kappa shape index (κ3) is 1.35. The Kier molecular flexibility index (Phi) is 1.97. The first-order chi connectivity index (χ1) is 6.68. The average molecular weight is 184 g/mol. The fourth-order valence-electron chi connectivity index (χ4n) is 1.61. The Hall–Kier alpha value is -1.83. The molecule has 0 amide bonds. The van der Waals surface area contributed by atoms with E-state index in [-0.39, 0.29) is 5.84 Å². The van der Waals surface area contributed by atoms with Crippen LogP contribution in [0.4, 0.5) is 0 Å². The van der Waals surface area contributed by atoms with E-state index in [0.29, 0.717) is 0 Å². The van der Waals surface area contributed by atoms with Gasteiger partial charge < -0.3 is 5.73 Å². The van der Waals surface area contributed by atoms with Gasteiger partial charge >= 0.3 is 0 Å². The van der Waals surface area contributed by atoms with Crippen molar-refractivity contribution in [1.29, 1.82) is 5.41 Å². The molecule has 0 fully saturated rings. The van der Waals surface area contributed by atoms with Gasteiger partial charge in [0.1, 0.15) is 5.84 Å². The van der Waals surface area contributed by atoms with Crippen molar-refractivity contribution in [2.75, 3.05) is 0 Å².